The van der Waals surface area contributed by atoms with Crippen LogP contribution in [0.25, 0.3) is 0 Å². The highest BCUT2D eigenvalue weighted by Gasteiger charge is 2.63. The molecule has 1 aromatic heterocycles. The molecule has 1 amide bonds. The van der Waals surface area contributed by atoms with E-state index in [-0.39, 0.29) is 35.7 Å². The smallest absolute Gasteiger partial charge is 0.284 e. The van der Waals surface area contributed by atoms with Crippen molar-refractivity contribution in [2.75, 3.05) is 24.7 Å². The second-order valence-corrected chi connectivity index (χ2v) is 11.8. The molecule has 3 aliphatic heterocycles. The molecule has 2 fully saturated rings. The van der Waals surface area contributed by atoms with E-state index in [0.29, 0.717) is 13.0 Å². The van der Waals surface area contributed by atoms with Crippen molar-refractivity contribution >= 4 is 29.7 Å². The number of anilines is 1. The molecular weight excluding hydrogens is 550 g/mol. The summed E-state index contributed by atoms with van der Waals surface area (Å²) < 4.78 is 11.3. The van der Waals surface area contributed by atoms with Crippen molar-refractivity contribution in [2.24, 2.45) is 10.9 Å². The number of nitrogens with one attached hydrogen (secondary N) is 1. The molecule has 8 atom stereocenters. The molecule has 2 unspecified atom stereocenters. The number of aromatic nitrogens is 2. The first-order valence-corrected chi connectivity index (χ1v) is 15.1. The molecule has 14 nitrogen and oxygen atoms in total. The van der Waals surface area contributed by atoms with E-state index in [4.69, 9.17) is 14.5 Å². The topological polar surface area (TPSA) is 198 Å². The van der Waals surface area contributed by atoms with E-state index >= 15 is 0 Å². The van der Waals surface area contributed by atoms with Crippen LogP contribution in [0, 0.1) is 5.92 Å². The van der Waals surface area contributed by atoms with Crippen LogP contribution in [0.15, 0.2) is 9.79 Å². The molecule has 0 bridgehead atoms. The number of ether oxygens (including phenoxy) is 2. The average molecular weight is 597 g/mol. The summed E-state index contributed by atoms with van der Waals surface area (Å²) in [5, 5.41) is 51.8. The van der Waals surface area contributed by atoms with E-state index in [1.807, 2.05) is 0 Å². The van der Waals surface area contributed by atoms with Crippen molar-refractivity contribution in [1.29, 1.82) is 0 Å². The number of quaternary nitrogens is 1. The van der Waals surface area contributed by atoms with Gasteiger partial charge in [0.1, 0.15) is 18.3 Å². The molecule has 4 heterocycles. The van der Waals surface area contributed by atoms with Crippen LogP contribution in [0.3, 0.4) is 0 Å². The highest BCUT2D eigenvalue weighted by atomic mass is 16.6. The summed E-state index contributed by atoms with van der Waals surface area (Å²) in [5.74, 6) is -0.620. The molecular formula is C28H46N5O9+. The number of amides is 1. The van der Waals surface area contributed by atoms with Crippen molar-refractivity contribution in [3.63, 3.8) is 0 Å². The van der Waals surface area contributed by atoms with E-state index in [0.717, 1.165) is 25.7 Å². The molecule has 14 heteroatoms. The molecule has 0 aliphatic carbocycles. The number of aliphatic hydroxyl groups excluding tert-OH is 5. The molecule has 0 saturated carbocycles. The minimum atomic E-state index is -1.56. The molecule has 236 valence electrons. The van der Waals surface area contributed by atoms with Crippen LogP contribution < -0.4 is 14.9 Å². The Morgan fingerprint density at radius 1 is 1.05 bits per heavy atom. The highest BCUT2D eigenvalue weighted by molar-refractivity contribution is 5.94. The van der Waals surface area contributed by atoms with Gasteiger partial charge < -0.3 is 35.0 Å². The first-order chi connectivity index (χ1) is 20.1. The Morgan fingerprint density at radius 2 is 1.71 bits per heavy atom. The Labute approximate surface area is 245 Å². The fourth-order valence-electron chi connectivity index (χ4n) is 5.97. The second-order valence-electron chi connectivity index (χ2n) is 11.8. The summed E-state index contributed by atoms with van der Waals surface area (Å²) >= 11 is 0. The van der Waals surface area contributed by atoms with E-state index in [1.165, 1.54) is 24.1 Å². The lowest BCUT2D eigenvalue weighted by Crippen LogP contribution is -2.65. The average Bonchev–Trinajstić information content (AvgIpc) is 3.63. The van der Waals surface area contributed by atoms with E-state index in [2.05, 4.69) is 16.9 Å². The zero-order chi connectivity index (χ0) is 30.6. The van der Waals surface area contributed by atoms with Gasteiger partial charge in [-0.15, -0.1) is 0 Å². The van der Waals surface area contributed by atoms with E-state index in [1.54, 1.807) is 13.8 Å². The number of hydrogen-bond acceptors (Lipinski definition) is 11. The molecule has 6 N–H and O–H groups in total. The third-order valence-corrected chi connectivity index (χ3v) is 8.41. The highest BCUT2D eigenvalue weighted by Crippen LogP contribution is 2.46. The zero-order valence-corrected chi connectivity index (χ0v) is 24.6. The molecule has 42 heavy (non-hydrogen) atoms. The lowest BCUT2D eigenvalue weighted by atomic mass is 10.1. The quantitative estimate of drug-likeness (QED) is 0.129. The Hall–Kier alpha value is -2.30. The van der Waals surface area contributed by atoms with Gasteiger partial charge in [0.15, 0.2) is 6.10 Å². The number of aliphatic imine (C=N–C) groups is 1. The number of fused-ring (bicyclic) bond motifs is 1. The first-order valence-electron chi connectivity index (χ1n) is 15.1. The summed E-state index contributed by atoms with van der Waals surface area (Å²) in [4.78, 5) is 39.9. The van der Waals surface area contributed by atoms with Crippen molar-refractivity contribution in [3.05, 3.63) is 10.4 Å². The molecule has 1 aromatic rings. The van der Waals surface area contributed by atoms with Crippen LogP contribution in [-0.4, -0.2) is 110 Å². The van der Waals surface area contributed by atoms with Crippen molar-refractivity contribution in [3.8, 4) is 0 Å². The maximum atomic E-state index is 13.4. The summed E-state index contributed by atoms with van der Waals surface area (Å²) in [5.41, 5.74) is -0.730. The van der Waals surface area contributed by atoms with E-state index in [9.17, 15) is 35.1 Å². The van der Waals surface area contributed by atoms with Gasteiger partial charge in [-0.1, -0.05) is 59.3 Å². The molecule has 4 rings (SSSR count). The Balaban J connectivity index is 1.73. The SMILES string of the molecule is CCCCCCCCCN(C(=O)C(C)C)c1nc2c(c(=O)[nH]1)N=C[N+]2(C1C[C@H](O)[C@@H](CO)O1)[C@@H]1O[C@H](CO)[C@@H](O)[C@H]1O. The minimum Gasteiger partial charge on any atom is -0.394 e. The van der Waals surface area contributed by atoms with Gasteiger partial charge in [0.25, 0.3) is 11.4 Å². The fraction of sp³-hybridized carbons (Fsp3) is 0.786. The zero-order valence-electron chi connectivity index (χ0n) is 24.6. The Morgan fingerprint density at radius 3 is 2.31 bits per heavy atom. The van der Waals surface area contributed by atoms with Crippen LogP contribution in [-0.2, 0) is 14.3 Å². The van der Waals surface area contributed by atoms with Crippen molar-refractivity contribution in [1.82, 2.24) is 14.5 Å². The molecule has 3 aliphatic rings. The monoisotopic (exact) mass is 596 g/mol. The second kappa shape index (κ2) is 14.0. The van der Waals surface area contributed by atoms with E-state index < -0.39 is 66.2 Å². The van der Waals surface area contributed by atoms with Crippen molar-refractivity contribution < 1.29 is 39.8 Å². The maximum absolute atomic E-state index is 13.4. The van der Waals surface area contributed by atoms with Gasteiger partial charge in [-0.3, -0.25) is 19.5 Å². The van der Waals surface area contributed by atoms with Gasteiger partial charge in [-0.25, -0.2) is 0 Å². The van der Waals surface area contributed by atoms with Gasteiger partial charge in [0.2, 0.25) is 36.3 Å². The van der Waals surface area contributed by atoms with Gasteiger partial charge >= 0.3 is 0 Å². The minimum absolute atomic E-state index is 0.000398. The number of unbranched alkanes of at least 4 members (excludes halogenated alkanes) is 6. The maximum Gasteiger partial charge on any atom is 0.284 e. The van der Waals surface area contributed by atoms with Crippen LogP contribution in [0.4, 0.5) is 17.5 Å². The number of aliphatic hydroxyl groups is 5. The summed E-state index contributed by atoms with van der Waals surface area (Å²) in [7, 11) is 0. The normalized spacial score (nSPS) is 32.2. The van der Waals surface area contributed by atoms with Crippen LogP contribution >= 0.6 is 0 Å². The predicted octanol–water partition coefficient (Wildman–Crippen LogP) is 0.397. The largest absolute Gasteiger partial charge is 0.394 e. The number of H-pyrrole nitrogens is 1. The number of aromatic amines is 1. The van der Waals surface area contributed by atoms with Gasteiger partial charge in [-0.2, -0.15) is 14.5 Å². The number of rotatable bonds is 14. The lowest BCUT2D eigenvalue weighted by Gasteiger charge is -2.39. The number of carbonyl (C=O) groups excluding carboxylic acids is 1. The Kier molecular flexibility index (Phi) is 10.9. The molecule has 0 radical (unpaired) electrons. The fourth-order valence-corrected chi connectivity index (χ4v) is 5.97. The lowest BCUT2D eigenvalue weighted by molar-refractivity contribution is -0.133. The summed E-state index contributed by atoms with van der Waals surface area (Å²) in [6, 6.07) is 0. The Bertz CT molecular complexity index is 1160. The van der Waals surface area contributed by atoms with Crippen LogP contribution in [0.1, 0.15) is 72.1 Å². The van der Waals surface area contributed by atoms with Gasteiger partial charge in [0, 0.05) is 12.5 Å². The van der Waals surface area contributed by atoms with Gasteiger partial charge in [0.05, 0.1) is 25.7 Å². The third kappa shape index (κ3) is 6.17. The number of nitrogens with zero attached hydrogens (tertiary/aromatic N) is 4. The number of hydrogen-bond donors (Lipinski definition) is 6. The van der Waals surface area contributed by atoms with Gasteiger partial charge in [-0.05, 0) is 6.42 Å². The molecule has 2 saturated heterocycles. The van der Waals surface area contributed by atoms with Crippen LogP contribution in [0.2, 0.25) is 0 Å². The first kappa shape index (κ1) is 32.6. The summed E-state index contributed by atoms with van der Waals surface area (Å²) in [6.07, 6.45) is -0.0486. The predicted molar refractivity (Wildman–Crippen MR) is 154 cm³/mol. The van der Waals surface area contributed by atoms with Crippen molar-refractivity contribution in [2.45, 2.75) is 115 Å². The molecule has 0 aromatic carbocycles. The third-order valence-electron chi connectivity index (χ3n) is 8.41. The van der Waals surface area contributed by atoms with Crippen LogP contribution in [0.5, 0.6) is 0 Å². The molecule has 0 spiro atoms. The standard InChI is InChI=1S/C28H45N5O9/c1-4-5-6-7-8-9-10-11-32(26(40)16(2)3)28-30-24-21(25(39)31-28)29-15-33(24,20-12-17(36)18(13-34)41-20)27-23(38)22(37)19(14-35)42-27/h15-20,22-23,27,34-38H,4-14H2,1-3H3/p+1/t17-,18+,19+,20?,22+,23+,27+,33?/m0/s1. The number of carbonyl (C=O) groups is 1. The summed E-state index contributed by atoms with van der Waals surface area (Å²) in [6.45, 7) is 4.94.